The second kappa shape index (κ2) is 15.7. The van der Waals surface area contributed by atoms with Crippen LogP contribution in [0.1, 0.15) is 98.8 Å². The number of halogens is 5. The Labute approximate surface area is 343 Å². The highest BCUT2D eigenvalue weighted by Gasteiger charge is 2.37. The van der Waals surface area contributed by atoms with E-state index in [1.165, 1.54) is 18.2 Å². The van der Waals surface area contributed by atoms with Crippen molar-refractivity contribution in [3.8, 4) is 17.2 Å². The van der Waals surface area contributed by atoms with Crippen LogP contribution >= 0.6 is 7.60 Å². The predicted octanol–water partition coefficient (Wildman–Crippen LogP) is 7.43. The zero-order chi connectivity index (χ0) is 43.6. The fourth-order valence-electron chi connectivity index (χ4n) is 7.99. The summed E-state index contributed by atoms with van der Waals surface area (Å²) in [5.41, 5.74) is 4.13. The lowest BCUT2D eigenvalue weighted by molar-refractivity contribution is -0.135. The van der Waals surface area contributed by atoms with Crippen LogP contribution in [-0.2, 0) is 26.7 Å². The standard InChI is InChI=1S/C44H44F5N2O8P/c1-43(2)15-13-23-18-28-32(21-30(23)50(43)5)58-33-22-31-24(14-16-44(3,4)51(31)6)19-29(33)35(28)27-20-25(11-12-26(27)42(53)54)60(55,56)57-17-9-7-8-10-34(52)59-41-39(48)37(46)36(45)38(47)40(41)49/h11-12,18-22H,7-10,13-17H2,1-6H3,(H-,53,54,55,56)/p+1. The van der Waals surface area contributed by atoms with E-state index in [4.69, 9.17) is 9.26 Å². The number of aryl methyl sites for hydroxylation is 2. The Morgan fingerprint density at radius 2 is 1.52 bits per heavy atom. The van der Waals surface area contributed by atoms with E-state index in [1.807, 2.05) is 38.4 Å². The Morgan fingerprint density at radius 3 is 2.20 bits per heavy atom. The molecule has 1 unspecified atom stereocenters. The number of unbranched alkanes of at least 4 members (excludes halogenated alkanes) is 2. The molecule has 0 amide bonds. The van der Waals surface area contributed by atoms with E-state index in [-0.39, 0.29) is 53.4 Å². The molecule has 0 aromatic heterocycles. The molecule has 318 valence electrons. The number of fused-ring (bicyclic) bond motifs is 4. The van der Waals surface area contributed by atoms with E-state index in [0.29, 0.717) is 27.9 Å². The second-order valence-electron chi connectivity index (χ2n) is 16.7. The van der Waals surface area contributed by atoms with Crippen LogP contribution in [0.5, 0.6) is 17.2 Å². The first-order valence-corrected chi connectivity index (χ1v) is 21.2. The second-order valence-corrected chi connectivity index (χ2v) is 18.6. The van der Waals surface area contributed by atoms with Crippen molar-refractivity contribution in [1.82, 2.24) is 4.58 Å². The Hall–Kier alpha value is -5.11. The summed E-state index contributed by atoms with van der Waals surface area (Å²) in [6.07, 6.45) is 3.16. The van der Waals surface area contributed by atoms with Gasteiger partial charge < -0.3 is 28.9 Å². The number of carboxylic acids is 1. The largest absolute Gasteiger partial charge is 0.478 e. The zero-order valence-corrected chi connectivity index (χ0v) is 34.9. The monoisotopic (exact) mass is 855 g/mol. The first-order valence-electron chi connectivity index (χ1n) is 19.6. The Kier molecular flexibility index (Phi) is 11.3. The van der Waals surface area contributed by atoms with Crippen molar-refractivity contribution in [2.75, 3.05) is 25.6 Å². The number of carbonyl (C=O) groups is 2. The Balaban J connectivity index is 1.19. The molecule has 4 aromatic carbocycles. The summed E-state index contributed by atoms with van der Waals surface area (Å²) in [5, 5.41) is 12.0. The molecule has 0 saturated heterocycles. The van der Waals surface area contributed by atoms with Crippen molar-refractivity contribution in [2.24, 2.45) is 0 Å². The van der Waals surface area contributed by atoms with Gasteiger partial charge in [-0.2, -0.15) is 8.78 Å². The summed E-state index contributed by atoms with van der Waals surface area (Å²) >= 11 is 0. The summed E-state index contributed by atoms with van der Waals surface area (Å²) in [5.74, 6) is -14.6. The van der Waals surface area contributed by atoms with Crippen LogP contribution in [0.25, 0.3) is 5.57 Å². The third-order valence-corrected chi connectivity index (χ3v) is 13.6. The van der Waals surface area contributed by atoms with Crippen molar-refractivity contribution < 1.29 is 60.1 Å². The van der Waals surface area contributed by atoms with E-state index >= 15 is 0 Å². The highest BCUT2D eigenvalue weighted by molar-refractivity contribution is 7.61. The molecule has 3 heterocycles. The van der Waals surface area contributed by atoms with Gasteiger partial charge in [0.05, 0.1) is 23.5 Å². The normalized spacial score (nSPS) is 17.2. The average molecular weight is 856 g/mol. The number of carboxylic acid groups (broad SMARTS) is 1. The molecular weight excluding hydrogens is 810 g/mol. The van der Waals surface area contributed by atoms with Crippen LogP contribution in [0.15, 0.2) is 42.5 Å². The molecule has 0 aliphatic carbocycles. The van der Waals surface area contributed by atoms with Crippen LogP contribution in [0.2, 0.25) is 0 Å². The average Bonchev–Trinajstić information content (AvgIpc) is 3.20. The fourth-order valence-corrected chi connectivity index (χ4v) is 9.07. The van der Waals surface area contributed by atoms with E-state index in [2.05, 4.69) is 41.9 Å². The highest BCUT2D eigenvalue weighted by atomic mass is 31.2. The van der Waals surface area contributed by atoms with Crippen LogP contribution in [0, 0.1) is 29.1 Å². The number of benzene rings is 4. The van der Waals surface area contributed by atoms with Crippen LogP contribution in [0.4, 0.5) is 27.6 Å². The molecule has 0 fully saturated rings. The SMILES string of the molecule is CN1c2cc3c(cc2CCC1(C)C)C(c1cc(P(=O)(O)OCCCCCC(=O)Oc2c(F)c(F)c(F)c(F)c2F)ccc1C(=O)O)=c1cc2c(cc1O3)=[N+](C)C(C)(C)CC2. The maximum atomic E-state index is 13.9. The van der Waals surface area contributed by atoms with E-state index in [9.17, 15) is 46.1 Å². The molecule has 4 aromatic rings. The number of nitrogens with zero attached hydrogens (tertiary/aromatic N) is 2. The number of esters is 1. The lowest BCUT2D eigenvalue weighted by Gasteiger charge is -2.43. The lowest BCUT2D eigenvalue weighted by Crippen LogP contribution is -2.49. The highest BCUT2D eigenvalue weighted by Crippen LogP contribution is 2.46. The molecule has 7 rings (SSSR count). The number of anilines is 1. The minimum atomic E-state index is -4.59. The van der Waals surface area contributed by atoms with Crippen molar-refractivity contribution in [2.45, 2.75) is 90.1 Å². The van der Waals surface area contributed by atoms with Gasteiger partial charge in [-0.05, 0) is 101 Å². The number of hydrogen-bond donors (Lipinski definition) is 2. The maximum absolute atomic E-state index is 13.9. The molecule has 16 heteroatoms. The summed E-state index contributed by atoms with van der Waals surface area (Å²) < 4.78 is 101. The number of rotatable bonds is 11. The smallest absolute Gasteiger partial charge is 0.358 e. The van der Waals surface area contributed by atoms with Gasteiger partial charge in [-0.25, -0.2) is 22.5 Å². The molecular formula is C44H45F5N2O8P+. The quantitative estimate of drug-likeness (QED) is 0.0204. The molecule has 1 atom stereocenters. The topological polar surface area (TPSA) is 126 Å². The Morgan fingerprint density at radius 1 is 0.850 bits per heavy atom. The van der Waals surface area contributed by atoms with E-state index in [0.717, 1.165) is 47.9 Å². The molecule has 60 heavy (non-hydrogen) atoms. The van der Waals surface area contributed by atoms with E-state index < -0.39 is 60.8 Å². The molecule has 0 spiro atoms. The summed E-state index contributed by atoms with van der Waals surface area (Å²) in [7, 11) is -0.525. The predicted molar refractivity (Wildman–Crippen MR) is 213 cm³/mol. The minimum Gasteiger partial charge on any atom is -0.478 e. The molecule has 0 saturated carbocycles. The van der Waals surface area contributed by atoms with Crippen molar-refractivity contribution in [3.05, 3.63) is 110 Å². The first kappa shape index (κ1) is 43.0. The van der Waals surface area contributed by atoms with Gasteiger partial charge in [0.2, 0.25) is 40.2 Å². The summed E-state index contributed by atoms with van der Waals surface area (Å²) in [4.78, 5) is 38.5. The van der Waals surface area contributed by atoms with Gasteiger partial charge in [0.15, 0.2) is 5.54 Å². The van der Waals surface area contributed by atoms with Crippen molar-refractivity contribution >= 4 is 36.1 Å². The van der Waals surface area contributed by atoms with Crippen LogP contribution in [0.3, 0.4) is 0 Å². The van der Waals surface area contributed by atoms with Crippen molar-refractivity contribution in [3.63, 3.8) is 0 Å². The van der Waals surface area contributed by atoms with Gasteiger partial charge in [0.1, 0.15) is 18.5 Å². The van der Waals surface area contributed by atoms with E-state index in [1.54, 1.807) is 0 Å². The molecule has 2 N–H and O–H groups in total. The number of ether oxygens (including phenoxy) is 2. The van der Waals surface area contributed by atoms with Gasteiger partial charge in [-0.3, -0.25) is 9.36 Å². The minimum absolute atomic E-state index is 0.0258. The van der Waals surface area contributed by atoms with Gasteiger partial charge in [-0.1, -0.05) is 6.42 Å². The zero-order valence-electron chi connectivity index (χ0n) is 34.0. The summed E-state index contributed by atoms with van der Waals surface area (Å²) in [6, 6.07) is 11.9. The number of carbonyl (C=O) groups excluding carboxylic acids is 1. The molecule has 10 nitrogen and oxygen atoms in total. The van der Waals surface area contributed by atoms with Gasteiger partial charge in [-0.15, -0.1) is 0 Å². The molecule has 0 bridgehead atoms. The van der Waals surface area contributed by atoms with Crippen LogP contribution < -0.4 is 34.8 Å². The first-order chi connectivity index (χ1) is 28.1. The Bertz CT molecular complexity index is 2640. The third-order valence-electron chi connectivity index (χ3n) is 12.2. The van der Waals surface area contributed by atoms with Gasteiger partial charge in [0.25, 0.3) is 0 Å². The van der Waals surface area contributed by atoms with Gasteiger partial charge in [0, 0.05) is 59.1 Å². The molecule has 3 aliphatic rings. The lowest BCUT2D eigenvalue weighted by atomic mass is 9.83. The van der Waals surface area contributed by atoms with Crippen molar-refractivity contribution in [1.29, 1.82) is 0 Å². The molecule has 0 radical (unpaired) electrons. The van der Waals surface area contributed by atoms with Gasteiger partial charge >= 0.3 is 19.5 Å². The third kappa shape index (κ3) is 7.71. The number of aromatic carboxylic acids is 1. The number of hydrogen-bond acceptors (Lipinski definition) is 7. The fraction of sp³-hybridized carbons (Fsp3) is 0.386. The maximum Gasteiger partial charge on any atom is 0.358 e. The summed E-state index contributed by atoms with van der Waals surface area (Å²) in [6.45, 7) is 8.39. The van der Waals surface area contributed by atoms with Crippen LogP contribution in [-0.4, -0.2) is 53.7 Å². The molecule has 3 aliphatic heterocycles.